The molecule has 0 radical (unpaired) electrons. The highest BCUT2D eigenvalue weighted by atomic mass is 16.5. The first-order valence-electron chi connectivity index (χ1n) is 15.3. The largest absolute Gasteiger partial charge is 0.388 e. The SMILES string of the molecule is C=NC1=CC(Nc2ccc(NC)c(C=N)c2)=CCC1(C)NCCN1CCC(CCNC(=O)CCOCCOCCOC)C1. The Labute approximate surface area is 257 Å². The number of anilines is 2. The molecule has 5 N–H and O–H groups in total. The van der Waals surface area contributed by atoms with Gasteiger partial charge in [-0.15, -0.1) is 0 Å². The maximum Gasteiger partial charge on any atom is 0.222 e. The maximum atomic E-state index is 12.1. The summed E-state index contributed by atoms with van der Waals surface area (Å²) in [6.45, 7) is 13.2. The third-order valence-corrected chi connectivity index (χ3v) is 7.99. The molecule has 3 rings (SSSR count). The predicted octanol–water partition coefficient (Wildman–Crippen LogP) is 3.26. The second-order valence-corrected chi connectivity index (χ2v) is 11.2. The van der Waals surface area contributed by atoms with Crippen LogP contribution in [-0.2, 0) is 19.0 Å². The molecular weight excluding hydrogens is 546 g/mol. The van der Waals surface area contributed by atoms with Gasteiger partial charge in [-0.2, -0.15) is 0 Å². The van der Waals surface area contributed by atoms with E-state index in [2.05, 4.69) is 50.9 Å². The highest BCUT2D eigenvalue weighted by molar-refractivity contribution is 5.87. The van der Waals surface area contributed by atoms with Gasteiger partial charge in [-0.3, -0.25) is 9.79 Å². The molecule has 2 aliphatic rings. The molecular formula is C32H51N7O4. The Morgan fingerprint density at radius 3 is 2.74 bits per heavy atom. The number of likely N-dealkylation sites (tertiary alicyclic amines) is 1. The van der Waals surface area contributed by atoms with E-state index in [9.17, 15) is 4.79 Å². The molecule has 1 fully saturated rings. The standard InChI is InChI=1S/C32H51N7O4/c1-32(11-7-28(22-30(32)35-3)38-27-5-6-29(34-2)26(21-27)23-33)37-13-15-39-14-9-25(24-39)8-12-36-31(40)10-16-42-19-20-43-18-17-41-4/h5-7,21-23,25,33-34,37-38H,3,8-20,24H2,1-2,4H3,(H,36,40). The van der Waals surface area contributed by atoms with Crippen LogP contribution >= 0.6 is 0 Å². The van der Waals surface area contributed by atoms with Crippen molar-refractivity contribution in [1.82, 2.24) is 15.5 Å². The summed E-state index contributed by atoms with van der Waals surface area (Å²) in [6, 6.07) is 5.92. The van der Waals surface area contributed by atoms with Gasteiger partial charge in [0, 0.05) is 75.6 Å². The quantitative estimate of drug-likeness (QED) is 0.108. The minimum Gasteiger partial charge on any atom is -0.388 e. The number of rotatable bonds is 21. The maximum absolute atomic E-state index is 12.1. The molecule has 11 heteroatoms. The van der Waals surface area contributed by atoms with Crippen LogP contribution in [0.3, 0.4) is 0 Å². The summed E-state index contributed by atoms with van der Waals surface area (Å²) in [5, 5.41) is 21.0. The van der Waals surface area contributed by atoms with E-state index in [1.165, 1.54) is 6.21 Å². The molecule has 1 saturated heterocycles. The van der Waals surface area contributed by atoms with E-state index < -0.39 is 0 Å². The zero-order valence-corrected chi connectivity index (χ0v) is 26.2. The summed E-state index contributed by atoms with van der Waals surface area (Å²) < 4.78 is 15.7. The van der Waals surface area contributed by atoms with Crippen molar-refractivity contribution in [1.29, 1.82) is 5.41 Å². The molecule has 1 aromatic rings. The lowest BCUT2D eigenvalue weighted by Crippen LogP contribution is -2.47. The number of hydrogen-bond acceptors (Lipinski definition) is 10. The number of nitrogens with zero attached hydrogens (tertiary/aromatic N) is 2. The zero-order valence-electron chi connectivity index (χ0n) is 26.2. The number of methoxy groups -OCH3 is 1. The molecule has 1 aliphatic heterocycles. The molecule has 1 heterocycles. The van der Waals surface area contributed by atoms with Crippen molar-refractivity contribution < 1.29 is 19.0 Å². The third kappa shape index (κ3) is 11.5. The van der Waals surface area contributed by atoms with Crippen LogP contribution in [-0.4, -0.2) is 109 Å². The summed E-state index contributed by atoms with van der Waals surface area (Å²) in [6.07, 6.45) is 8.90. The molecule has 1 amide bonds. The predicted molar refractivity (Wildman–Crippen MR) is 175 cm³/mol. The molecule has 2 unspecified atom stereocenters. The van der Waals surface area contributed by atoms with Gasteiger partial charge in [-0.1, -0.05) is 6.08 Å². The van der Waals surface area contributed by atoms with Gasteiger partial charge in [-0.25, -0.2) is 0 Å². The van der Waals surface area contributed by atoms with Crippen LogP contribution < -0.4 is 21.3 Å². The van der Waals surface area contributed by atoms with Crippen LogP contribution in [0.4, 0.5) is 11.4 Å². The Bertz CT molecular complexity index is 1110. The van der Waals surface area contributed by atoms with Gasteiger partial charge in [0.15, 0.2) is 0 Å². The van der Waals surface area contributed by atoms with Gasteiger partial charge < -0.3 is 45.8 Å². The van der Waals surface area contributed by atoms with Crippen LogP contribution in [0.2, 0.25) is 0 Å². The first-order chi connectivity index (χ1) is 20.9. The van der Waals surface area contributed by atoms with Crippen LogP contribution in [0.1, 0.15) is 38.2 Å². The van der Waals surface area contributed by atoms with Gasteiger partial charge in [0.2, 0.25) is 5.91 Å². The fourth-order valence-corrected chi connectivity index (χ4v) is 5.38. The van der Waals surface area contributed by atoms with E-state index >= 15 is 0 Å². The van der Waals surface area contributed by atoms with Gasteiger partial charge in [0.1, 0.15) is 0 Å². The number of carbonyl (C=O) groups is 1. The second kappa shape index (κ2) is 18.5. The Hall–Kier alpha value is -3.09. The van der Waals surface area contributed by atoms with E-state index in [4.69, 9.17) is 19.6 Å². The first kappa shape index (κ1) is 34.4. The average Bonchev–Trinajstić information content (AvgIpc) is 3.46. The summed E-state index contributed by atoms with van der Waals surface area (Å²) in [7, 11) is 3.49. The fraction of sp³-hybridized carbons (Fsp3) is 0.594. The number of allylic oxidation sites excluding steroid dienone is 1. The lowest BCUT2D eigenvalue weighted by atomic mass is 9.88. The van der Waals surface area contributed by atoms with Crippen molar-refractivity contribution in [3.05, 3.63) is 47.3 Å². The number of ether oxygens (including phenoxy) is 3. The molecule has 43 heavy (non-hydrogen) atoms. The summed E-state index contributed by atoms with van der Waals surface area (Å²) >= 11 is 0. The molecule has 238 valence electrons. The molecule has 0 aromatic heterocycles. The number of aliphatic imine (C=N–C) groups is 1. The van der Waals surface area contributed by atoms with Gasteiger partial charge >= 0.3 is 0 Å². The molecule has 0 bridgehead atoms. The summed E-state index contributed by atoms with van der Waals surface area (Å²) in [4.78, 5) is 19.0. The number of benzene rings is 1. The number of carbonyl (C=O) groups excluding carboxylic acids is 1. The number of amides is 1. The van der Waals surface area contributed by atoms with Crippen molar-refractivity contribution in [2.24, 2.45) is 10.9 Å². The number of hydrogen-bond donors (Lipinski definition) is 5. The molecule has 2 atom stereocenters. The first-order valence-corrected chi connectivity index (χ1v) is 15.3. The topological polar surface area (TPSA) is 132 Å². The van der Waals surface area contributed by atoms with E-state index in [0.717, 1.165) is 73.8 Å². The van der Waals surface area contributed by atoms with E-state index in [1.54, 1.807) is 7.11 Å². The number of nitrogens with one attached hydrogen (secondary N) is 5. The fourth-order valence-electron chi connectivity index (χ4n) is 5.38. The lowest BCUT2D eigenvalue weighted by Gasteiger charge is -2.34. The normalized spacial score (nSPS) is 20.3. The Morgan fingerprint density at radius 1 is 1.21 bits per heavy atom. The van der Waals surface area contributed by atoms with Crippen molar-refractivity contribution in [2.45, 2.75) is 38.1 Å². The molecule has 1 aromatic carbocycles. The molecule has 0 saturated carbocycles. The van der Waals surface area contributed by atoms with Crippen molar-refractivity contribution in [3.63, 3.8) is 0 Å². The van der Waals surface area contributed by atoms with Crippen LogP contribution in [0, 0.1) is 11.3 Å². The minimum atomic E-state index is -0.285. The molecule has 1 aliphatic carbocycles. The van der Waals surface area contributed by atoms with E-state index in [-0.39, 0.29) is 11.4 Å². The Kier molecular flexibility index (Phi) is 14.8. The van der Waals surface area contributed by atoms with Crippen molar-refractivity contribution in [3.8, 4) is 0 Å². The molecule has 11 nitrogen and oxygen atoms in total. The Balaban J connectivity index is 1.31. The summed E-state index contributed by atoms with van der Waals surface area (Å²) in [5.74, 6) is 0.637. The zero-order chi connectivity index (χ0) is 30.9. The van der Waals surface area contributed by atoms with E-state index in [0.29, 0.717) is 51.9 Å². The highest BCUT2D eigenvalue weighted by Crippen LogP contribution is 2.30. The molecule has 0 spiro atoms. The van der Waals surface area contributed by atoms with Crippen LogP contribution in [0.5, 0.6) is 0 Å². The Morgan fingerprint density at radius 2 is 2.00 bits per heavy atom. The second-order valence-electron chi connectivity index (χ2n) is 11.2. The monoisotopic (exact) mass is 597 g/mol. The average molecular weight is 598 g/mol. The van der Waals surface area contributed by atoms with Gasteiger partial charge in [-0.05, 0) is 69.6 Å². The van der Waals surface area contributed by atoms with Crippen molar-refractivity contribution in [2.75, 3.05) is 90.5 Å². The highest BCUT2D eigenvalue weighted by Gasteiger charge is 2.31. The lowest BCUT2D eigenvalue weighted by molar-refractivity contribution is -0.122. The van der Waals surface area contributed by atoms with Gasteiger partial charge in [0.25, 0.3) is 0 Å². The third-order valence-electron chi connectivity index (χ3n) is 7.99. The van der Waals surface area contributed by atoms with Crippen LogP contribution in [0.25, 0.3) is 0 Å². The van der Waals surface area contributed by atoms with Gasteiger partial charge in [0.05, 0.1) is 44.3 Å². The summed E-state index contributed by atoms with van der Waals surface area (Å²) in [5.41, 5.74) is 4.27. The van der Waals surface area contributed by atoms with Crippen LogP contribution in [0.15, 0.2) is 46.7 Å². The van der Waals surface area contributed by atoms with Crippen molar-refractivity contribution >= 4 is 30.2 Å². The smallest absolute Gasteiger partial charge is 0.222 e. The van der Waals surface area contributed by atoms with E-state index in [1.807, 2.05) is 31.3 Å². The minimum absolute atomic E-state index is 0.0370.